The molecule has 1 aliphatic rings. The van der Waals surface area contributed by atoms with E-state index in [1.54, 1.807) is 0 Å². The van der Waals surface area contributed by atoms with Crippen molar-refractivity contribution < 1.29 is 9.57 Å². The molecule has 3 heteroatoms. The first-order chi connectivity index (χ1) is 11.8. The monoisotopic (exact) mass is 317 g/mol. The van der Waals surface area contributed by atoms with Gasteiger partial charge in [0.1, 0.15) is 0 Å². The van der Waals surface area contributed by atoms with Crippen molar-refractivity contribution in [2.45, 2.75) is 25.7 Å². The first kappa shape index (κ1) is 14.9. The van der Waals surface area contributed by atoms with Crippen LogP contribution in [0.5, 0.6) is 0 Å². The van der Waals surface area contributed by atoms with Crippen molar-refractivity contribution in [3.8, 4) is 0 Å². The van der Waals surface area contributed by atoms with E-state index in [0.717, 1.165) is 16.8 Å². The number of benzene rings is 3. The Morgan fingerprint density at radius 1 is 0.958 bits per heavy atom. The molecule has 1 heterocycles. The molecule has 0 spiro atoms. The average molecular weight is 317 g/mol. The summed E-state index contributed by atoms with van der Waals surface area (Å²) in [6.07, 6.45) is 0.286. The van der Waals surface area contributed by atoms with Gasteiger partial charge in [-0.05, 0) is 34.9 Å². The molecule has 0 aromatic heterocycles. The van der Waals surface area contributed by atoms with Crippen molar-refractivity contribution in [3.63, 3.8) is 0 Å². The van der Waals surface area contributed by atoms with Crippen LogP contribution in [0.15, 0.2) is 78.0 Å². The minimum Gasteiger partial charge on any atom is -0.363 e. The van der Waals surface area contributed by atoms with Crippen LogP contribution in [0.25, 0.3) is 10.8 Å². The van der Waals surface area contributed by atoms with Crippen molar-refractivity contribution in [3.05, 3.63) is 83.9 Å². The van der Waals surface area contributed by atoms with Gasteiger partial charge in [0.15, 0.2) is 0 Å². The van der Waals surface area contributed by atoms with E-state index < -0.39 is 0 Å². The van der Waals surface area contributed by atoms with E-state index in [4.69, 9.17) is 9.57 Å². The largest absolute Gasteiger partial charge is 0.363 e. The predicted octanol–water partition coefficient (Wildman–Crippen LogP) is 5.07. The zero-order valence-electron chi connectivity index (χ0n) is 13.6. The van der Waals surface area contributed by atoms with Gasteiger partial charge in [0.05, 0.1) is 18.2 Å². The third-order valence-electron chi connectivity index (χ3n) is 4.35. The Morgan fingerprint density at radius 2 is 1.71 bits per heavy atom. The number of hydrogen-bond donors (Lipinski definition) is 0. The number of hydrogen-bond acceptors (Lipinski definition) is 3. The van der Waals surface area contributed by atoms with Crippen LogP contribution in [0.1, 0.15) is 30.6 Å². The lowest BCUT2D eigenvalue weighted by Crippen LogP contribution is -2.15. The van der Waals surface area contributed by atoms with Gasteiger partial charge in [-0.1, -0.05) is 71.9 Å². The van der Waals surface area contributed by atoms with Crippen molar-refractivity contribution in [1.29, 1.82) is 0 Å². The second-order valence-corrected chi connectivity index (χ2v) is 6.03. The number of rotatable bonds is 4. The van der Waals surface area contributed by atoms with Gasteiger partial charge in [0, 0.05) is 0 Å². The number of oxime groups is 1. The summed E-state index contributed by atoms with van der Waals surface area (Å²) in [7, 11) is 0. The van der Waals surface area contributed by atoms with Crippen LogP contribution in [0, 0.1) is 0 Å². The van der Waals surface area contributed by atoms with Gasteiger partial charge in [-0.15, -0.1) is 0 Å². The summed E-state index contributed by atoms with van der Waals surface area (Å²) in [5.74, 6) is 0. The maximum atomic E-state index is 6.06. The molecule has 0 radical (unpaired) electrons. The fraction of sp³-hybridized carbons (Fsp3) is 0.190. The molecule has 3 nitrogen and oxygen atoms in total. The van der Waals surface area contributed by atoms with Crippen molar-refractivity contribution in [2.75, 3.05) is 0 Å². The zero-order chi connectivity index (χ0) is 16.4. The van der Waals surface area contributed by atoms with Crippen molar-refractivity contribution in [2.24, 2.45) is 5.16 Å². The van der Waals surface area contributed by atoms with Crippen LogP contribution >= 0.6 is 0 Å². The van der Waals surface area contributed by atoms with Crippen LogP contribution < -0.4 is 0 Å². The van der Waals surface area contributed by atoms with Gasteiger partial charge in [-0.3, -0.25) is 0 Å². The Bertz CT molecular complexity index is 873. The second-order valence-electron chi connectivity index (χ2n) is 6.03. The Hall–Kier alpha value is -2.65. The maximum Gasteiger partial charge on any atom is 0.233 e. The summed E-state index contributed by atoms with van der Waals surface area (Å²) in [5, 5.41) is 6.63. The molecule has 3 aromatic rings. The normalized spacial score (nSPS) is 18.2. The third-order valence-corrected chi connectivity index (χ3v) is 4.35. The first-order valence-electron chi connectivity index (χ1n) is 8.22. The SMILES string of the molecule is C[C@H](O[C@H]1CC(c2ccccc2)=NO1)c1ccc2ccccc2c1. The van der Waals surface area contributed by atoms with E-state index in [1.165, 1.54) is 10.8 Å². The van der Waals surface area contributed by atoms with Gasteiger partial charge in [0.2, 0.25) is 6.29 Å². The summed E-state index contributed by atoms with van der Waals surface area (Å²) >= 11 is 0. The number of fused-ring (bicyclic) bond motifs is 1. The quantitative estimate of drug-likeness (QED) is 0.673. The molecule has 120 valence electrons. The molecule has 0 unspecified atom stereocenters. The van der Waals surface area contributed by atoms with Crippen LogP contribution in [-0.2, 0) is 9.57 Å². The smallest absolute Gasteiger partial charge is 0.233 e. The number of ether oxygens (including phenoxy) is 1. The molecule has 0 saturated carbocycles. The minimum atomic E-state index is -0.332. The Morgan fingerprint density at radius 3 is 2.54 bits per heavy atom. The highest BCUT2D eigenvalue weighted by Crippen LogP contribution is 2.27. The van der Waals surface area contributed by atoms with E-state index in [1.807, 2.05) is 37.3 Å². The van der Waals surface area contributed by atoms with Gasteiger partial charge < -0.3 is 9.57 Å². The Labute approximate surface area is 141 Å². The fourth-order valence-electron chi connectivity index (χ4n) is 3.00. The molecule has 0 saturated heterocycles. The highest BCUT2D eigenvalue weighted by Gasteiger charge is 2.25. The molecule has 0 N–H and O–H groups in total. The van der Waals surface area contributed by atoms with Gasteiger partial charge in [-0.2, -0.15) is 0 Å². The van der Waals surface area contributed by atoms with E-state index >= 15 is 0 Å². The Balaban J connectivity index is 1.44. The highest BCUT2D eigenvalue weighted by molar-refractivity contribution is 6.01. The topological polar surface area (TPSA) is 30.8 Å². The summed E-state index contributed by atoms with van der Waals surface area (Å²) in [4.78, 5) is 5.47. The lowest BCUT2D eigenvalue weighted by Gasteiger charge is -2.17. The minimum absolute atomic E-state index is 0.0510. The average Bonchev–Trinajstić information content (AvgIpc) is 3.10. The zero-order valence-corrected chi connectivity index (χ0v) is 13.6. The van der Waals surface area contributed by atoms with Crippen LogP contribution in [0.4, 0.5) is 0 Å². The lowest BCUT2D eigenvalue weighted by atomic mass is 10.0. The fourth-order valence-corrected chi connectivity index (χ4v) is 3.00. The molecule has 0 fully saturated rings. The second kappa shape index (κ2) is 6.46. The van der Waals surface area contributed by atoms with Crippen LogP contribution in [0.2, 0.25) is 0 Å². The van der Waals surface area contributed by atoms with E-state index in [9.17, 15) is 0 Å². The molecule has 0 bridgehead atoms. The predicted molar refractivity (Wildman–Crippen MR) is 95.9 cm³/mol. The molecular formula is C21H19NO2. The van der Waals surface area contributed by atoms with Crippen LogP contribution in [0.3, 0.4) is 0 Å². The van der Waals surface area contributed by atoms with Gasteiger partial charge >= 0.3 is 0 Å². The summed E-state index contributed by atoms with van der Waals surface area (Å²) < 4.78 is 6.06. The molecular weight excluding hydrogens is 298 g/mol. The number of nitrogens with zero attached hydrogens (tertiary/aromatic N) is 1. The molecule has 0 amide bonds. The van der Waals surface area contributed by atoms with Crippen molar-refractivity contribution in [1.82, 2.24) is 0 Å². The summed E-state index contributed by atoms with van der Waals surface area (Å²) in [5.41, 5.74) is 3.17. The highest BCUT2D eigenvalue weighted by atomic mass is 16.8. The van der Waals surface area contributed by atoms with E-state index in [-0.39, 0.29) is 12.4 Å². The summed E-state index contributed by atoms with van der Waals surface area (Å²) in [6.45, 7) is 2.05. The molecule has 24 heavy (non-hydrogen) atoms. The van der Waals surface area contributed by atoms with Crippen LogP contribution in [-0.4, -0.2) is 12.0 Å². The summed E-state index contributed by atoms with van der Waals surface area (Å²) in [6, 6.07) is 24.8. The first-order valence-corrected chi connectivity index (χ1v) is 8.22. The van der Waals surface area contributed by atoms with Gasteiger partial charge in [-0.25, -0.2) is 0 Å². The van der Waals surface area contributed by atoms with E-state index in [2.05, 4.69) is 47.6 Å². The third kappa shape index (κ3) is 3.03. The standard InChI is InChI=1S/C21H19NO2/c1-15(18-12-11-16-7-5-6-10-19(16)13-18)23-21-14-20(22-24-21)17-8-3-2-4-9-17/h2-13,15,21H,14H2,1H3/t15-,21+/m0/s1. The molecule has 1 aliphatic heterocycles. The van der Waals surface area contributed by atoms with Crippen molar-refractivity contribution >= 4 is 16.5 Å². The van der Waals surface area contributed by atoms with Gasteiger partial charge in [0.25, 0.3) is 0 Å². The molecule has 4 rings (SSSR count). The maximum absolute atomic E-state index is 6.06. The lowest BCUT2D eigenvalue weighted by molar-refractivity contribution is -0.152. The molecule has 3 aromatic carbocycles. The molecule has 2 atom stereocenters. The van der Waals surface area contributed by atoms with E-state index in [0.29, 0.717) is 6.42 Å². The molecule has 0 aliphatic carbocycles. The Kier molecular flexibility index (Phi) is 4.01.